The molecule has 21 heavy (non-hydrogen) atoms. The lowest BCUT2D eigenvalue weighted by Crippen LogP contribution is -2.57. The highest BCUT2D eigenvalue weighted by molar-refractivity contribution is 5.81. The highest BCUT2D eigenvalue weighted by Gasteiger charge is 2.43. The van der Waals surface area contributed by atoms with Crippen molar-refractivity contribution < 1.29 is 14.3 Å². The van der Waals surface area contributed by atoms with E-state index in [2.05, 4.69) is 17.3 Å². The molecule has 124 valence electrons. The Morgan fingerprint density at radius 1 is 1.48 bits per heavy atom. The van der Waals surface area contributed by atoms with Crippen LogP contribution in [0, 0.1) is 0 Å². The first-order chi connectivity index (χ1) is 9.95. The molecule has 1 fully saturated rings. The van der Waals surface area contributed by atoms with Crippen LogP contribution in [0.5, 0.6) is 0 Å². The molecule has 0 saturated heterocycles. The number of nitrogens with zero attached hydrogens (tertiary/aromatic N) is 1. The van der Waals surface area contributed by atoms with E-state index in [0.29, 0.717) is 12.6 Å². The molecule has 1 aliphatic carbocycles. The van der Waals surface area contributed by atoms with Crippen molar-refractivity contribution in [2.24, 2.45) is 0 Å². The van der Waals surface area contributed by atoms with E-state index >= 15 is 0 Å². The first-order valence-electron chi connectivity index (χ1n) is 8.13. The molecule has 1 aliphatic rings. The number of hydrogen-bond acceptors (Lipinski definition) is 5. The smallest absolute Gasteiger partial charge is 0.326 e. The van der Waals surface area contributed by atoms with Gasteiger partial charge in [0.2, 0.25) is 0 Å². The van der Waals surface area contributed by atoms with E-state index in [1.165, 1.54) is 0 Å². The SMILES string of the molecule is CCOC(=O)C1(NC)CCCC(N(C)CCOC(C)C)C1. The maximum absolute atomic E-state index is 12.3. The average Bonchev–Trinajstić information content (AvgIpc) is 2.47. The third kappa shape index (κ3) is 5.24. The molecule has 1 saturated carbocycles. The van der Waals surface area contributed by atoms with Crippen molar-refractivity contribution in [2.75, 3.05) is 33.9 Å². The fraction of sp³-hybridized carbons (Fsp3) is 0.938. The first-order valence-corrected chi connectivity index (χ1v) is 8.13. The molecule has 0 aromatic carbocycles. The minimum atomic E-state index is -0.522. The number of ether oxygens (including phenoxy) is 2. The zero-order valence-corrected chi connectivity index (χ0v) is 14.3. The molecular weight excluding hydrogens is 268 g/mol. The van der Waals surface area contributed by atoms with Crippen LogP contribution in [0.1, 0.15) is 46.5 Å². The summed E-state index contributed by atoms with van der Waals surface area (Å²) in [6.07, 6.45) is 4.09. The normalized spacial score (nSPS) is 26.3. The predicted molar refractivity (Wildman–Crippen MR) is 84.4 cm³/mol. The van der Waals surface area contributed by atoms with Crippen LogP contribution in [-0.2, 0) is 14.3 Å². The van der Waals surface area contributed by atoms with Crippen molar-refractivity contribution >= 4 is 5.97 Å². The predicted octanol–water partition coefficient (Wildman–Crippen LogP) is 1.81. The maximum Gasteiger partial charge on any atom is 0.326 e. The van der Waals surface area contributed by atoms with Crippen molar-refractivity contribution in [3.8, 4) is 0 Å². The van der Waals surface area contributed by atoms with Crippen molar-refractivity contribution in [3.05, 3.63) is 0 Å². The Morgan fingerprint density at radius 2 is 2.19 bits per heavy atom. The third-order valence-corrected chi connectivity index (χ3v) is 4.39. The van der Waals surface area contributed by atoms with Crippen LogP contribution in [0.4, 0.5) is 0 Å². The van der Waals surface area contributed by atoms with Crippen LogP contribution >= 0.6 is 0 Å². The van der Waals surface area contributed by atoms with E-state index in [9.17, 15) is 4.79 Å². The quantitative estimate of drug-likeness (QED) is 0.693. The number of rotatable bonds is 8. The molecule has 0 spiro atoms. The maximum atomic E-state index is 12.3. The third-order valence-electron chi connectivity index (χ3n) is 4.39. The largest absolute Gasteiger partial charge is 0.465 e. The molecule has 1 N–H and O–H groups in total. The molecule has 0 amide bonds. The summed E-state index contributed by atoms with van der Waals surface area (Å²) in [6.45, 7) is 8.02. The van der Waals surface area contributed by atoms with Gasteiger partial charge in [-0.05, 0) is 60.5 Å². The summed E-state index contributed by atoms with van der Waals surface area (Å²) in [5.74, 6) is -0.107. The average molecular weight is 300 g/mol. The molecule has 2 unspecified atom stereocenters. The molecule has 0 aliphatic heterocycles. The van der Waals surface area contributed by atoms with Crippen LogP contribution in [0.25, 0.3) is 0 Å². The van der Waals surface area contributed by atoms with E-state index in [-0.39, 0.29) is 12.1 Å². The number of carbonyl (C=O) groups is 1. The van der Waals surface area contributed by atoms with Crippen LogP contribution in [0.3, 0.4) is 0 Å². The van der Waals surface area contributed by atoms with Gasteiger partial charge < -0.3 is 19.7 Å². The molecule has 5 heteroatoms. The van der Waals surface area contributed by atoms with E-state index < -0.39 is 5.54 Å². The number of hydrogen-bond donors (Lipinski definition) is 1. The lowest BCUT2D eigenvalue weighted by molar-refractivity contribution is -0.153. The molecule has 0 radical (unpaired) electrons. The van der Waals surface area contributed by atoms with Gasteiger partial charge in [-0.1, -0.05) is 0 Å². The van der Waals surface area contributed by atoms with E-state index in [0.717, 1.165) is 38.8 Å². The number of carbonyl (C=O) groups excluding carboxylic acids is 1. The Hall–Kier alpha value is -0.650. The molecule has 0 heterocycles. The van der Waals surface area contributed by atoms with Crippen LogP contribution in [0.2, 0.25) is 0 Å². The van der Waals surface area contributed by atoms with Gasteiger partial charge in [0.25, 0.3) is 0 Å². The standard InChI is InChI=1S/C16H32N2O3/c1-6-20-15(19)16(17-4)9-7-8-14(12-16)18(5)10-11-21-13(2)3/h13-14,17H,6-12H2,1-5H3. The van der Waals surface area contributed by atoms with Crippen molar-refractivity contribution in [1.82, 2.24) is 10.2 Å². The summed E-state index contributed by atoms with van der Waals surface area (Å²) in [5.41, 5.74) is -0.522. The van der Waals surface area contributed by atoms with Crippen molar-refractivity contribution in [2.45, 2.75) is 64.1 Å². The summed E-state index contributed by atoms with van der Waals surface area (Å²) in [5, 5.41) is 3.23. The lowest BCUT2D eigenvalue weighted by Gasteiger charge is -2.42. The number of likely N-dealkylation sites (N-methyl/N-ethyl adjacent to an activating group) is 2. The Bertz CT molecular complexity index is 323. The minimum Gasteiger partial charge on any atom is -0.465 e. The Kier molecular flexibility index (Phi) is 7.63. The summed E-state index contributed by atoms with van der Waals surface area (Å²) >= 11 is 0. The van der Waals surface area contributed by atoms with Gasteiger partial charge >= 0.3 is 5.97 Å². The fourth-order valence-electron chi connectivity index (χ4n) is 3.02. The van der Waals surface area contributed by atoms with Gasteiger partial charge in [0.15, 0.2) is 0 Å². The van der Waals surface area contributed by atoms with Crippen LogP contribution < -0.4 is 5.32 Å². The van der Waals surface area contributed by atoms with E-state index in [1.54, 1.807) is 0 Å². The fourth-order valence-corrected chi connectivity index (χ4v) is 3.02. The van der Waals surface area contributed by atoms with Crippen molar-refractivity contribution in [1.29, 1.82) is 0 Å². The van der Waals surface area contributed by atoms with Gasteiger partial charge in [0, 0.05) is 12.6 Å². The number of nitrogens with one attached hydrogen (secondary N) is 1. The molecule has 0 aromatic rings. The topological polar surface area (TPSA) is 50.8 Å². The summed E-state index contributed by atoms with van der Waals surface area (Å²) < 4.78 is 10.9. The zero-order valence-electron chi connectivity index (χ0n) is 14.3. The van der Waals surface area contributed by atoms with Gasteiger partial charge in [0.1, 0.15) is 5.54 Å². The lowest BCUT2D eigenvalue weighted by atomic mass is 9.78. The summed E-state index contributed by atoms with van der Waals surface area (Å²) in [7, 11) is 3.98. The molecule has 1 rings (SSSR count). The highest BCUT2D eigenvalue weighted by atomic mass is 16.5. The Morgan fingerprint density at radius 3 is 2.76 bits per heavy atom. The summed E-state index contributed by atoms with van der Waals surface area (Å²) in [4.78, 5) is 14.6. The van der Waals surface area contributed by atoms with Crippen LogP contribution in [0.15, 0.2) is 0 Å². The molecule has 0 aromatic heterocycles. The van der Waals surface area contributed by atoms with Gasteiger partial charge in [-0.25, -0.2) is 0 Å². The second-order valence-corrected chi connectivity index (χ2v) is 6.20. The Balaban J connectivity index is 2.58. The van der Waals surface area contributed by atoms with Gasteiger partial charge in [-0.2, -0.15) is 0 Å². The second kappa shape index (κ2) is 8.71. The molecule has 2 atom stereocenters. The molecule has 5 nitrogen and oxygen atoms in total. The highest BCUT2D eigenvalue weighted by Crippen LogP contribution is 2.31. The van der Waals surface area contributed by atoms with E-state index in [1.807, 2.05) is 27.8 Å². The van der Waals surface area contributed by atoms with Gasteiger partial charge in [0.05, 0.1) is 19.3 Å². The molecule has 0 bridgehead atoms. The minimum absolute atomic E-state index is 0.107. The number of esters is 1. The van der Waals surface area contributed by atoms with Gasteiger partial charge in [-0.3, -0.25) is 4.79 Å². The van der Waals surface area contributed by atoms with E-state index in [4.69, 9.17) is 9.47 Å². The van der Waals surface area contributed by atoms with Crippen LogP contribution in [-0.4, -0.2) is 62.4 Å². The zero-order chi connectivity index (χ0) is 15.9. The monoisotopic (exact) mass is 300 g/mol. The second-order valence-electron chi connectivity index (χ2n) is 6.20. The Labute approximate surface area is 129 Å². The molecular formula is C16H32N2O3. The van der Waals surface area contributed by atoms with Crippen molar-refractivity contribution in [3.63, 3.8) is 0 Å². The first kappa shape index (κ1) is 18.4. The summed E-state index contributed by atoms with van der Waals surface area (Å²) in [6, 6.07) is 0.395. The van der Waals surface area contributed by atoms with Gasteiger partial charge in [-0.15, -0.1) is 0 Å².